The van der Waals surface area contributed by atoms with E-state index in [1.165, 1.54) is 18.2 Å². The van der Waals surface area contributed by atoms with Gasteiger partial charge in [-0.1, -0.05) is 12.1 Å². The van der Waals surface area contributed by atoms with Gasteiger partial charge in [-0.2, -0.15) is 0 Å². The maximum Gasteiger partial charge on any atom is 0.248 e. The molecule has 0 saturated carbocycles. The molecule has 132 valence electrons. The molecule has 2 aromatic rings. The largest absolute Gasteiger partial charge is 0.323 e. The summed E-state index contributed by atoms with van der Waals surface area (Å²) in [5, 5.41) is 2.76. The lowest BCUT2D eigenvalue weighted by Gasteiger charge is -2.09. The predicted molar refractivity (Wildman–Crippen MR) is 109 cm³/mol. The van der Waals surface area contributed by atoms with Crippen LogP contribution in [0.4, 0.5) is 5.69 Å². The first-order chi connectivity index (χ1) is 11.8. The minimum absolute atomic E-state index is 0.172. The number of rotatable bonds is 6. The minimum Gasteiger partial charge on any atom is -0.323 e. The van der Waals surface area contributed by atoms with Gasteiger partial charge in [0, 0.05) is 21.4 Å². The third kappa shape index (κ3) is 6.26. The van der Waals surface area contributed by atoms with E-state index in [2.05, 4.69) is 32.6 Å². The van der Waals surface area contributed by atoms with Crippen LogP contribution in [-0.2, 0) is 14.8 Å². The fraction of sp³-hybridized carbons (Fsp3) is 0.167. The average Bonchev–Trinajstić information content (AvgIpc) is 2.54. The van der Waals surface area contributed by atoms with Crippen LogP contribution in [0.1, 0.15) is 19.4 Å². The highest BCUT2D eigenvalue weighted by atomic mass is 127. The van der Waals surface area contributed by atoms with Crippen LogP contribution in [0.15, 0.2) is 59.5 Å². The lowest BCUT2D eigenvalue weighted by atomic mass is 10.2. The number of nitrogens with one attached hydrogen (secondary N) is 2. The van der Waals surface area contributed by atoms with Crippen LogP contribution in [-0.4, -0.2) is 20.4 Å². The van der Waals surface area contributed by atoms with Crippen LogP contribution in [0.25, 0.3) is 6.08 Å². The molecule has 0 atom stereocenters. The molecule has 0 unspecified atom stereocenters. The van der Waals surface area contributed by atoms with Crippen molar-refractivity contribution in [2.75, 3.05) is 5.32 Å². The highest BCUT2D eigenvalue weighted by Crippen LogP contribution is 2.13. The first-order valence-electron chi connectivity index (χ1n) is 7.63. The van der Waals surface area contributed by atoms with Crippen LogP contribution in [0.2, 0.25) is 0 Å². The number of halogens is 1. The topological polar surface area (TPSA) is 75.3 Å². The van der Waals surface area contributed by atoms with Crippen molar-refractivity contribution in [2.45, 2.75) is 24.8 Å². The normalized spacial score (nSPS) is 11.8. The van der Waals surface area contributed by atoms with E-state index in [1.807, 2.05) is 24.3 Å². The molecule has 0 heterocycles. The van der Waals surface area contributed by atoms with Gasteiger partial charge in [0.2, 0.25) is 15.9 Å². The van der Waals surface area contributed by atoms with Gasteiger partial charge in [-0.3, -0.25) is 4.79 Å². The molecule has 0 radical (unpaired) electrons. The van der Waals surface area contributed by atoms with Crippen LogP contribution in [0, 0.1) is 3.57 Å². The van der Waals surface area contributed by atoms with Gasteiger partial charge < -0.3 is 5.32 Å². The molecule has 0 spiro atoms. The van der Waals surface area contributed by atoms with E-state index < -0.39 is 10.0 Å². The zero-order valence-electron chi connectivity index (χ0n) is 13.9. The summed E-state index contributed by atoms with van der Waals surface area (Å²) >= 11 is 2.19. The van der Waals surface area contributed by atoms with Gasteiger partial charge in [0.15, 0.2) is 0 Å². The van der Waals surface area contributed by atoms with Gasteiger partial charge >= 0.3 is 0 Å². The molecule has 5 nitrogen and oxygen atoms in total. The smallest absolute Gasteiger partial charge is 0.248 e. The predicted octanol–water partition coefficient (Wildman–Crippen LogP) is 3.63. The van der Waals surface area contributed by atoms with E-state index in [4.69, 9.17) is 0 Å². The molecule has 0 aromatic heterocycles. The molecule has 0 aliphatic rings. The number of sulfonamides is 1. The molecular formula is C18H19IN2O3S. The lowest BCUT2D eigenvalue weighted by molar-refractivity contribution is -0.111. The number of hydrogen-bond donors (Lipinski definition) is 2. The number of carbonyl (C=O) groups excluding carboxylic acids is 1. The monoisotopic (exact) mass is 470 g/mol. The quantitative estimate of drug-likeness (QED) is 0.500. The van der Waals surface area contributed by atoms with Crippen molar-refractivity contribution >= 4 is 50.3 Å². The van der Waals surface area contributed by atoms with Crippen LogP contribution >= 0.6 is 22.6 Å². The van der Waals surface area contributed by atoms with Crippen molar-refractivity contribution in [3.63, 3.8) is 0 Å². The van der Waals surface area contributed by atoms with E-state index in [1.54, 1.807) is 32.1 Å². The number of carbonyl (C=O) groups is 1. The zero-order valence-corrected chi connectivity index (χ0v) is 16.8. The van der Waals surface area contributed by atoms with Crippen molar-refractivity contribution in [1.29, 1.82) is 0 Å². The van der Waals surface area contributed by atoms with E-state index in [0.29, 0.717) is 0 Å². The summed E-state index contributed by atoms with van der Waals surface area (Å²) in [4.78, 5) is 12.1. The van der Waals surface area contributed by atoms with E-state index >= 15 is 0 Å². The Labute approximate surface area is 161 Å². The third-order valence-corrected chi connectivity index (χ3v) is 5.51. The fourth-order valence-electron chi connectivity index (χ4n) is 2.03. The van der Waals surface area contributed by atoms with Crippen LogP contribution < -0.4 is 10.0 Å². The summed E-state index contributed by atoms with van der Waals surface area (Å²) in [5.41, 5.74) is 1.46. The second kappa shape index (κ2) is 8.59. The standard InChI is InChI=1S/C18H19IN2O3S/c1-13(2)21-25(23,24)17-10-3-14(4-11-17)5-12-18(22)20-16-8-6-15(19)7-9-16/h3-13,21H,1-2H3,(H,20,22)/b12-5+. The van der Waals surface area contributed by atoms with Crippen molar-refractivity contribution in [3.8, 4) is 0 Å². The summed E-state index contributed by atoms with van der Waals surface area (Å²) in [6.07, 6.45) is 3.04. The Hall–Kier alpha value is -1.71. The Morgan fingerprint density at radius 3 is 2.20 bits per heavy atom. The molecule has 0 aliphatic carbocycles. The van der Waals surface area contributed by atoms with Gasteiger partial charge in [0.1, 0.15) is 0 Å². The number of hydrogen-bond acceptors (Lipinski definition) is 3. The maximum absolute atomic E-state index is 12.1. The lowest BCUT2D eigenvalue weighted by Crippen LogP contribution is -2.30. The van der Waals surface area contributed by atoms with Crippen LogP contribution in [0.5, 0.6) is 0 Å². The maximum atomic E-state index is 12.1. The Balaban J connectivity index is 2.01. The Kier molecular flexibility index (Phi) is 6.74. The first kappa shape index (κ1) is 19.6. The van der Waals surface area contributed by atoms with E-state index in [0.717, 1.165) is 14.8 Å². The fourth-order valence-corrected chi connectivity index (χ4v) is 3.64. The Bertz CT molecular complexity index is 858. The van der Waals surface area contributed by atoms with E-state index in [-0.39, 0.29) is 16.8 Å². The summed E-state index contributed by atoms with van der Waals surface area (Å²) < 4.78 is 27.7. The molecule has 0 bridgehead atoms. The summed E-state index contributed by atoms with van der Waals surface area (Å²) in [6.45, 7) is 3.53. The minimum atomic E-state index is -3.51. The number of anilines is 1. The summed E-state index contributed by atoms with van der Waals surface area (Å²) in [7, 11) is -3.51. The molecule has 2 N–H and O–H groups in total. The highest BCUT2D eigenvalue weighted by molar-refractivity contribution is 14.1. The van der Waals surface area contributed by atoms with Gasteiger partial charge in [0.05, 0.1) is 4.90 Å². The molecule has 2 aromatic carbocycles. The van der Waals surface area contributed by atoms with Crippen molar-refractivity contribution < 1.29 is 13.2 Å². The second-order valence-electron chi connectivity index (χ2n) is 5.67. The van der Waals surface area contributed by atoms with Gasteiger partial charge in [-0.15, -0.1) is 0 Å². The third-order valence-electron chi connectivity index (χ3n) is 3.12. The molecule has 2 rings (SSSR count). The molecule has 25 heavy (non-hydrogen) atoms. The van der Waals surface area contributed by atoms with Crippen LogP contribution in [0.3, 0.4) is 0 Å². The van der Waals surface area contributed by atoms with Crippen molar-refractivity contribution in [3.05, 3.63) is 63.7 Å². The first-order valence-corrected chi connectivity index (χ1v) is 10.2. The highest BCUT2D eigenvalue weighted by Gasteiger charge is 2.14. The molecule has 0 saturated heterocycles. The molecule has 0 fully saturated rings. The molecule has 7 heteroatoms. The van der Waals surface area contributed by atoms with Crippen molar-refractivity contribution in [1.82, 2.24) is 4.72 Å². The zero-order chi connectivity index (χ0) is 18.4. The summed E-state index contributed by atoms with van der Waals surface area (Å²) in [6, 6.07) is 13.6. The van der Waals surface area contributed by atoms with Crippen molar-refractivity contribution in [2.24, 2.45) is 0 Å². The average molecular weight is 470 g/mol. The van der Waals surface area contributed by atoms with Gasteiger partial charge in [-0.05, 0) is 84.5 Å². The second-order valence-corrected chi connectivity index (χ2v) is 8.63. The Morgan fingerprint density at radius 1 is 1.04 bits per heavy atom. The molecule has 0 aliphatic heterocycles. The summed E-state index contributed by atoms with van der Waals surface area (Å²) in [5.74, 6) is -0.251. The van der Waals surface area contributed by atoms with E-state index in [9.17, 15) is 13.2 Å². The SMILES string of the molecule is CC(C)NS(=O)(=O)c1ccc(/C=C/C(=O)Nc2ccc(I)cc2)cc1. The molecule has 1 amide bonds. The van der Waals surface area contributed by atoms with Gasteiger partial charge in [0.25, 0.3) is 0 Å². The Morgan fingerprint density at radius 2 is 1.64 bits per heavy atom. The number of amides is 1. The van der Waals surface area contributed by atoms with Gasteiger partial charge in [-0.25, -0.2) is 13.1 Å². The number of benzene rings is 2. The molecular weight excluding hydrogens is 451 g/mol.